The minimum absolute atomic E-state index is 0. The van der Waals surface area contributed by atoms with Gasteiger partial charge in [-0.15, -0.1) is 0 Å². The van der Waals surface area contributed by atoms with Crippen molar-refractivity contribution in [2.45, 2.75) is 110 Å². The molecule has 22 heavy (non-hydrogen) atoms. The maximum absolute atomic E-state index is 10.5. The molecule has 4 heteroatoms. The van der Waals surface area contributed by atoms with Crippen molar-refractivity contribution in [2.75, 3.05) is 6.16 Å². The summed E-state index contributed by atoms with van der Waals surface area (Å²) in [4.78, 5) is 8.68. The van der Waals surface area contributed by atoms with Gasteiger partial charge < -0.3 is 0 Å². The molecular formula is C18H38CrO2P+. The predicted molar refractivity (Wildman–Crippen MR) is 94.2 cm³/mol. The van der Waals surface area contributed by atoms with Crippen LogP contribution < -0.4 is 0 Å². The van der Waals surface area contributed by atoms with Crippen LogP contribution in [0.15, 0.2) is 0 Å². The van der Waals surface area contributed by atoms with Gasteiger partial charge in [0.25, 0.3) is 0 Å². The Hall–Kier alpha value is 0.592. The van der Waals surface area contributed by atoms with E-state index in [9.17, 15) is 4.57 Å². The van der Waals surface area contributed by atoms with Crippen LogP contribution in [0.25, 0.3) is 0 Å². The maximum Gasteiger partial charge on any atom is 0.505 e. The van der Waals surface area contributed by atoms with E-state index in [1.54, 1.807) is 0 Å². The second-order valence-electron chi connectivity index (χ2n) is 6.38. The molecule has 0 aromatic carbocycles. The predicted octanol–water partition coefficient (Wildman–Crippen LogP) is 6.98. The standard InChI is InChI=1S/C18H37O2P.Cr/c1-2-3-4-5-6-7-8-9-10-11-12-13-14-15-16-17-18-21(19)20;/h2-18H2,1H3;/p+1. The summed E-state index contributed by atoms with van der Waals surface area (Å²) >= 11 is 0. The van der Waals surface area contributed by atoms with E-state index < -0.39 is 8.03 Å². The van der Waals surface area contributed by atoms with Gasteiger partial charge in [0, 0.05) is 17.4 Å². The summed E-state index contributed by atoms with van der Waals surface area (Å²) in [5.41, 5.74) is 0. The Kier molecular flexibility index (Phi) is 24.4. The van der Waals surface area contributed by atoms with Crippen LogP contribution in [0.1, 0.15) is 110 Å². The number of unbranched alkanes of at least 4 members (excludes halogenated alkanes) is 15. The van der Waals surface area contributed by atoms with Crippen molar-refractivity contribution in [3.05, 3.63) is 0 Å². The summed E-state index contributed by atoms with van der Waals surface area (Å²) in [6.45, 7) is 2.28. The van der Waals surface area contributed by atoms with Gasteiger partial charge in [-0.1, -0.05) is 96.8 Å². The second-order valence-corrected chi connectivity index (χ2v) is 7.53. The van der Waals surface area contributed by atoms with Crippen LogP contribution in [-0.4, -0.2) is 11.1 Å². The first-order valence-corrected chi connectivity index (χ1v) is 10.8. The van der Waals surface area contributed by atoms with Gasteiger partial charge in [0.2, 0.25) is 0 Å². The van der Waals surface area contributed by atoms with E-state index >= 15 is 0 Å². The molecule has 0 rings (SSSR count). The molecule has 0 fully saturated rings. The molecule has 1 N–H and O–H groups in total. The van der Waals surface area contributed by atoms with Crippen molar-refractivity contribution in [2.24, 2.45) is 0 Å². The largest absolute Gasteiger partial charge is 0.505 e. The van der Waals surface area contributed by atoms with E-state index in [-0.39, 0.29) is 17.4 Å². The average Bonchev–Trinajstić information content (AvgIpc) is 2.46. The SMILES string of the molecule is CCCCCCCCCCCCCCCCCC[P+](=O)O.[Cr]. The van der Waals surface area contributed by atoms with Gasteiger partial charge in [-0.3, -0.25) is 0 Å². The molecule has 0 aromatic heterocycles. The molecule has 0 aliphatic carbocycles. The molecule has 0 aromatic rings. The molecule has 0 saturated heterocycles. The minimum atomic E-state index is -1.89. The van der Waals surface area contributed by atoms with Crippen molar-refractivity contribution < 1.29 is 26.8 Å². The van der Waals surface area contributed by atoms with E-state index in [0.717, 1.165) is 12.8 Å². The Morgan fingerprint density at radius 2 is 0.864 bits per heavy atom. The summed E-state index contributed by atoms with van der Waals surface area (Å²) in [7, 11) is -1.89. The van der Waals surface area contributed by atoms with Gasteiger partial charge >= 0.3 is 8.03 Å². The van der Waals surface area contributed by atoms with E-state index in [2.05, 4.69) is 6.92 Å². The van der Waals surface area contributed by atoms with Gasteiger partial charge in [-0.25, -0.2) is 0 Å². The molecule has 0 radical (unpaired) electrons. The van der Waals surface area contributed by atoms with Gasteiger partial charge in [-0.2, -0.15) is 4.89 Å². The van der Waals surface area contributed by atoms with Gasteiger partial charge in [0.15, 0.2) is 6.16 Å². The van der Waals surface area contributed by atoms with Crippen molar-refractivity contribution in [3.63, 3.8) is 0 Å². The molecule has 0 spiro atoms. The van der Waals surface area contributed by atoms with E-state index in [1.807, 2.05) is 0 Å². The molecule has 0 heterocycles. The molecule has 0 aliphatic heterocycles. The van der Waals surface area contributed by atoms with Crippen LogP contribution in [0.4, 0.5) is 0 Å². The first-order valence-electron chi connectivity index (χ1n) is 9.41. The third-order valence-electron chi connectivity index (χ3n) is 4.20. The molecule has 0 saturated carbocycles. The van der Waals surface area contributed by atoms with Crippen molar-refractivity contribution in [1.29, 1.82) is 0 Å². The Morgan fingerprint density at radius 3 is 1.14 bits per heavy atom. The monoisotopic (exact) mass is 369 g/mol. The van der Waals surface area contributed by atoms with Crippen LogP contribution in [-0.2, 0) is 21.9 Å². The summed E-state index contributed by atoms with van der Waals surface area (Å²) in [5, 5.41) is 0. The third-order valence-corrected chi connectivity index (χ3v) is 4.90. The van der Waals surface area contributed by atoms with Crippen molar-refractivity contribution >= 4 is 8.03 Å². The van der Waals surface area contributed by atoms with Gasteiger partial charge in [0.05, 0.1) is 0 Å². The molecule has 0 amide bonds. The topological polar surface area (TPSA) is 37.3 Å². The number of hydrogen-bond donors (Lipinski definition) is 1. The fourth-order valence-electron chi connectivity index (χ4n) is 2.80. The molecule has 0 bridgehead atoms. The zero-order valence-corrected chi connectivity index (χ0v) is 16.9. The van der Waals surface area contributed by atoms with Crippen LogP contribution >= 0.6 is 8.03 Å². The fourth-order valence-corrected chi connectivity index (χ4v) is 3.29. The molecule has 1 unspecified atom stereocenters. The summed E-state index contributed by atoms with van der Waals surface area (Å²) in [5.74, 6) is 0. The van der Waals surface area contributed by atoms with Crippen LogP contribution in [0, 0.1) is 0 Å². The van der Waals surface area contributed by atoms with Crippen LogP contribution in [0.2, 0.25) is 0 Å². The zero-order valence-electron chi connectivity index (χ0n) is 14.7. The van der Waals surface area contributed by atoms with Crippen molar-refractivity contribution in [3.8, 4) is 0 Å². The number of hydrogen-bond acceptors (Lipinski definition) is 1. The fraction of sp³-hybridized carbons (Fsp3) is 1.00. The second kappa shape index (κ2) is 21.6. The van der Waals surface area contributed by atoms with E-state index in [1.165, 1.54) is 89.9 Å². The molecule has 2 nitrogen and oxygen atoms in total. The molecule has 0 aliphatic rings. The average molecular weight is 369 g/mol. The van der Waals surface area contributed by atoms with E-state index in [4.69, 9.17) is 4.89 Å². The third kappa shape index (κ3) is 22.9. The Morgan fingerprint density at radius 1 is 0.591 bits per heavy atom. The quantitative estimate of drug-likeness (QED) is 0.222. The smallest absolute Gasteiger partial charge is 0.161 e. The first kappa shape index (κ1) is 24.8. The van der Waals surface area contributed by atoms with Crippen molar-refractivity contribution in [1.82, 2.24) is 0 Å². The Balaban J connectivity index is 0. The molecular weight excluding hydrogens is 331 g/mol. The van der Waals surface area contributed by atoms with Gasteiger partial charge in [-0.05, 0) is 17.4 Å². The summed E-state index contributed by atoms with van der Waals surface area (Å²) in [6.07, 6.45) is 22.0. The summed E-state index contributed by atoms with van der Waals surface area (Å²) < 4.78 is 10.5. The van der Waals surface area contributed by atoms with Crippen LogP contribution in [0.3, 0.4) is 0 Å². The Labute approximate surface area is 150 Å². The molecule has 132 valence electrons. The molecule has 1 atom stereocenters. The van der Waals surface area contributed by atoms with E-state index in [0.29, 0.717) is 6.16 Å². The maximum atomic E-state index is 10.5. The first-order chi connectivity index (χ1) is 10.3. The summed E-state index contributed by atoms with van der Waals surface area (Å²) in [6, 6.07) is 0. The zero-order chi connectivity index (χ0) is 15.6. The van der Waals surface area contributed by atoms with Gasteiger partial charge in [0.1, 0.15) is 0 Å². The normalized spacial score (nSPS) is 11.3. The Bertz CT molecular complexity index is 225. The number of rotatable bonds is 17. The minimum Gasteiger partial charge on any atom is -0.161 e. The van der Waals surface area contributed by atoms with Crippen LogP contribution in [0.5, 0.6) is 0 Å².